The number of rotatable bonds is 3. The van der Waals surface area contributed by atoms with E-state index >= 15 is 0 Å². The van der Waals surface area contributed by atoms with Gasteiger partial charge in [-0.1, -0.05) is 38.1 Å². The number of fused-ring (bicyclic) bond motifs is 1. The van der Waals surface area contributed by atoms with Crippen molar-refractivity contribution < 1.29 is 24.2 Å². The van der Waals surface area contributed by atoms with Gasteiger partial charge < -0.3 is 29.4 Å². The third-order valence-electron chi connectivity index (χ3n) is 7.90. The molecule has 1 fully saturated rings. The molecule has 9 nitrogen and oxygen atoms in total. The van der Waals surface area contributed by atoms with Gasteiger partial charge in [-0.3, -0.25) is 9.59 Å². The zero-order valence-electron chi connectivity index (χ0n) is 23.8. The Morgan fingerprint density at radius 3 is 2.60 bits per heavy atom. The molecule has 1 aromatic heterocycles. The van der Waals surface area contributed by atoms with Crippen LogP contribution in [0.25, 0.3) is 16.8 Å². The number of aliphatic hydroxyl groups excluding tert-OH is 1. The lowest BCUT2D eigenvalue weighted by atomic mass is 9.91. The minimum atomic E-state index is -0.847. The van der Waals surface area contributed by atoms with Crippen LogP contribution in [0.4, 0.5) is 4.79 Å². The fraction of sp³-hybridized carbons (Fsp3) is 0.516. The van der Waals surface area contributed by atoms with Gasteiger partial charge in [-0.2, -0.15) is 0 Å². The topological polar surface area (TPSA) is 112 Å². The van der Waals surface area contributed by atoms with Gasteiger partial charge in [-0.15, -0.1) is 0 Å². The molecule has 4 rings (SSSR count). The molecule has 0 bridgehead atoms. The molecule has 0 radical (unpaired) electrons. The van der Waals surface area contributed by atoms with Gasteiger partial charge in [0, 0.05) is 43.7 Å². The predicted molar refractivity (Wildman–Crippen MR) is 155 cm³/mol. The first-order valence-electron chi connectivity index (χ1n) is 14.1. The molecular formula is C31H41N3O6. The Balaban J connectivity index is 1.58. The zero-order chi connectivity index (χ0) is 28.8. The summed E-state index contributed by atoms with van der Waals surface area (Å²) < 4.78 is 11.9. The molecule has 40 heavy (non-hydrogen) atoms. The number of amides is 1. The van der Waals surface area contributed by atoms with Crippen molar-refractivity contribution in [1.82, 2.24) is 14.8 Å². The van der Waals surface area contributed by atoms with Gasteiger partial charge in [0.2, 0.25) is 0 Å². The summed E-state index contributed by atoms with van der Waals surface area (Å²) in [4.78, 5) is 44.7. The van der Waals surface area contributed by atoms with Crippen molar-refractivity contribution in [3.8, 4) is 0 Å². The minimum Gasteiger partial charge on any atom is -0.457 e. The van der Waals surface area contributed by atoms with Crippen LogP contribution in [0.15, 0.2) is 53.0 Å². The van der Waals surface area contributed by atoms with Crippen molar-refractivity contribution in [2.24, 2.45) is 11.8 Å². The monoisotopic (exact) mass is 551 g/mol. The average Bonchev–Trinajstić information content (AvgIpc) is 2.92. The molecule has 3 heterocycles. The summed E-state index contributed by atoms with van der Waals surface area (Å²) in [6, 6.07) is 7.46. The Labute approximate surface area is 235 Å². The zero-order valence-corrected chi connectivity index (χ0v) is 23.8. The van der Waals surface area contributed by atoms with E-state index in [0.717, 1.165) is 29.6 Å². The molecule has 9 heteroatoms. The SMILES string of the molecule is C/C(=C\c1ccc2cc[nH]c(=O)c2c1)[C@H]1OC(=O)C[C@H](O)CC[C@H](C)[C@@H](OC(=O)N2CCN(C)CC2)C=C[C@@H]1C. The molecule has 1 saturated heterocycles. The molecule has 1 aromatic carbocycles. The van der Waals surface area contributed by atoms with Crippen LogP contribution in [0.3, 0.4) is 0 Å². The summed E-state index contributed by atoms with van der Waals surface area (Å²) in [5, 5.41) is 12.0. The Bertz CT molecular complexity index is 1310. The maximum absolute atomic E-state index is 13.0. The summed E-state index contributed by atoms with van der Waals surface area (Å²) in [7, 11) is 2.03. The van der Waals surface area contributed by atoms with Crippen LogP contribution in [0.2, 0.25) is 0 Å². The van der Waals surface area contributed by atoms with E-state index in [2.05, 4.69) is 9.88 Å². The number of nitrogens with one attached hydrogen (secondary N) is 1. The van der Waals surface area contributed by atoms with E-state index in [-0.39, 0.29) is 29.9 Å². The van der Waals surface area contributed by atoms with Crippen molar-refractivity contribution >= 4 is 28.9 Å². The van der Waals surface area contributed by atoms with Crippen molar-refractivity contribution in [3.63, 3.8) is 0 Å². The van der Waals surface area contributed by atoms with E-state index in [1.807, 2.05) is 70.3 Å². The molecule has 0 unspecified atom stereocenters. The van der Waals surface area contributed by atoms with Gasteiger partial charge in [0.1, 0.15) is 12.2 Å². The molecule has 216 valence electrons. The van der Waals surface area contributed by atoms with Gasteiger partial charge in [0.25, 0.3) is 5.56 Å². The molecule has 0 spiro atoms. The number of likely N-dealkylation sites (N-methyl/N-ethyl adjacent to an activating group) is 1. The Hall–Kier alpha value is -3.43. The second-order valence-electron chi connectivity index (χ2n) is 11.2. The number of hydrogen-bond donors (Lipinski definition) is 2. The van der Waals surface area contributed by atoms with E-state index in [0.29, 0.717) is 31.3 Å². The number of aromatic nitrogens is 1. The fourth-order valence-corrected chi connectivity index (χ4v) is 5.27. The van der Waals surface area contributed by atoms with Crippen LogP contribution in [-0.4, -0.2) is 83.5 Å². The smallest absolute Gasteiger partial charge is 0.410 e. The van der Waals surface area contributed by atoms with Gasteiger partial charge in [-0.25, -0.2) is 4.79 Å². The highest BCUT2D eigenvalue weighted by Crippen LogP contribution is 2.26. The first-order valence-corrected chi connectivity index (χ1v) is 14.1. The van der Waals surface area contributed by atoms with E-state index in [1.165, 1.54) is 0 Å². The molecule has 2 aromatic rings. The summed E-state index contributed by atoms with van der Waals surface area (Å²) >= 11 is 0. The normalized spacial score (nSPS) is 27.5. The van der Waals surface area contributed by atoms with E-state index in [4.69, 9.17) is 9.47 Å². The minimum absolute atomic E-state index is 0.0456. The highest BCUT2D eigenvalue weighted by atomic mass is 16.6. The molecule has 2 N–H and O–H groups in total. The largest absolute Gasteiger partial charge is 0.457 e. The number of carbonyl (C=O) groups excluding carboxylic acids is 2. The second kappa shape index (κ2) is 13.3. The van der Waals surface area contributed by atoms with E-state index in [1.54, 1.807) is 11.1 Å². The number of benzene rings is 1. The van der Waals surface area contributed by atoms with Crippen molar-refractivity contribution in [3.05, 3.63) is 64.1 Å². The summed E-state index contributed by atoms with van der Waals surface area (Å²) in [6.07, 6.45) is 5.98. The number of H-pyrrole nitrogens is 1. The number of aromatic amines is 1. The number of esters is 1. The highest BCUT2D eigenvalue weighted by molar-refractivity contribution is 5.84. The number of carbonyl (C=O) groups is 2. The summed E-state index contributed by atoms with van der Waals surface area (Å²) in [5.41, 5.74) is 1.44. The molecule has 0 saturated carbocycles. The Morgan fingerprint density at radius 2 is 1.85 bits per heavy atom. The third kappa shape index (κ3) is 7.61. The lowest BCUT2D eigenvalue weighted by molar-refractivity contribution is -0.151. The molecule has 1 amide bonds. The van der Waals surface area contributed by atoms with Crippen LogP contribution >= 0.6 is 0 Å². The molecule has 0 aliphatic carbocycles. The molecule has 2 aliphatic rings. The van der Waals surface area contributed by atoms with Gasteiger partial charge >= 0.3 is 12.1 Å². The van der Waals surface area contributed by atoms with Crippen LogP contribution in [0.1, 0.15) is 45.6 Å². The standard InChI is InChI=1S/C31H41N3O6/c1-20-5-9-25(35)19-28(36)40-29(22(3)17-23-7-8-24-11-12-32-30(37)26(24)18-23)21(2)6-10-27(20)39-31(38)34-15-13-33(4)14-16-34/h6-8,10-12,17-18,20-21,25,27,29,35H,5,9,13-16,19H2,1-4H3,(H,32,37)/b10-6?,22-17+/t20-,21-,25+,27-,29-/m0/s1. The maximum Gasteiger partial charge on any atom is 0.410 e. The number of piperazine rings is 1. The van der Waals surface area contributed by atoms with Crippen molar-refractivity contribution in [1.29, 1.82) is 0 Å². The van der Waals surface area contributed by atoms with Crippen LogP contribution in [-0.2, 0) is 14.3 Å². The molecular weight excluding hydrogens is 510 g/mol. The van der Waals surface area contributed by atoms with Gasteiger partial charge in [0.05, 0.1) is 12.5 Å². The Kier molecular flexibility index (Phi) is 9.81. The predicted octanol–water partition coefficient (Wildman–Crippen LogP) is 3.97. The Morgan fingerprint density at radius 1 is 1.10 bits per heavy atom. The fourth-order valence-electron chi connectivity index (χ4n) is 5.27. The first-order chi connectivity index (χ1) is 19.1. The number of nitrogens with zero attached hydrogens (tertiary/aromatic N) is 2. The summed E-state index contributed by atoms with van der Waals surface area (Å²) in [5.74, 6) is -0.750. The second-order valence-corrected chi connectivity index (χ2v) is 11.2. The van der Waals surface area contributed by atoms with E-state index < -0.39 is 24.3 Å². The lowest BCUT2D eigenvalue weighted by Gasteiger charge is -2.33. The number of pyridine rings is 1. The summed E-state index contributed by atoms with van der Waals surface area (Å²) in [6.45, 7) is 8.69. The molecule has 5 atom stereocenters. The van der Waals surface area contributed by atoms with Gasteiger partial charge in [0.15, 0.2) is 0 Å². The average molecular weight is 552 g/mol. The highest BCUT2D eigenvalue weighted by Gasteiger charge is 2.29. The number of aliphatic hydroxyl groups is 1. The third-order valence-corrected chi connectivity index (χ3v) is 7.90. The number of cyclic esters (lactones) is 1. The van der Waals surface area contributed by atoms with Gasteiger partial charge in [-0.05, 0) is 67.5 Å². The van der Waals surface area contributed by atoms with Crippen molar-refractivity contribution in [2.75, 3.05) is 33.2 Å². The van der Waals surface area contributed by atoms with Crippen molar-refractivity contribution in [2.45, 2.75) is 58.3 Å². The van der Waals surface area contributed by atoms with E-state index in [9.17, 15) is 19.5 Å². The number of hydrogen-bond acceptors (Lipinski definition) is 7. The maximum atomic E-state index is 13.0. The van der Waals surface area contributed by atoms with Crippen LogP contribution in [0, 0.1) is 11.8 Å². The lowest BCUT2D eigenvalue weighted by Crippen LogP contribution is -2.48. The number of ether oxygens (including phenoxy) is 2. The quantitative estimate of drug-likeness (QED) is 0.439. The van der Waals surface area contributed by atoms with Crippen LogP contribution < -0.4 is 5.56 Å². The molecule has 2 aliphatic heterocycles. The first kappa shape index (κ1) is 29.6. The van der Waals surface area contributed by atoms with Crippen LogP contribution in [0.5, 0.6) is 0 Å².